The molecule has 0 aliphatic rings. The van der Waals surface area contributed by atoms with Crippen LogP contribution in [-0.4, -0.2) is 28.4 Å². The Balaban J connectivity index is 2.01. The third-order valence-electron chi connectivity index (χ3n) is 2.69. The Hall–Kier alpha value is -2.48. The number of imidazole rings is 1. The number of hydrogen-bond acceptors (Lipinski definition) is 6. The summed E-state index contributed by atoms with van der Waals surface area (Å²) >= 11 is 0. The van der Waals surface area contributed by atoms with Crippen molar-refractivity contribution in [1.29, 1.82) is 0 Å². The van der Waals surface area contributed by atoms with Gasteiger partial charge in [-0.05, 0) is 19.1 Å². The molecule has 0 saturated carbocycles. The van der Waals surface area contributed by atoms with E-state index in [9.17, 15) is 8.42 Å². The average molecular weight is 290 g/mol. The molecule has 0 unspecified atom stereocenters. The second-order valence-corrected chi connectivity index (χ2v) is 5.68. The molecule has 8 heteroatoms. The fourth-order valence-electron chi connectivity index (χ4n) is 1.66. The van der Waals surface area contributed by atoms with Crippen molar-refractivity contribution < 1.29 is 12.6 Å². The first-order chi connectivity index (χ1) is 9.56. The average Bonchev–Trinajstić information content (AvgIpc) is 2.88. The molecule has 3 rings (SSSR count). The van der Waals surface area contributed by atoms with Gasteiger partial charge >= 0.3 is 10.1 Å². The summed E-state index contributed by atoms with van der Waals surface area (Å²) in [7, 11) is -3.94. The number of aromatic amines is 1. The maximum atomic E-state index is 12.2. The summed E-state index contributed by atoms with van der Waals surface area (Å²) < 4.78 is 29.4. The smallest absolute Gasteiger partial charge is 0.340 e. The minimum absolute atomic E-state index is 0.0642. The lowest BCUT2D eigenvalue weighted by Crippen LogP contribution is -2.11. The van der Waals surface area contributed by atoms with Gasteiger partial charge in [0.25, 0.3) is 5.88 Å². The molecule has 0 amide bonds. The summed E-state index contributed by atoms with van der Waals surface area (Å²) in [4.78, 5) is 14.4. The number of H-pyrrole nitrogens is 1. The molecule has 0 radical (unpaired) electrons. The molecule has 2 aromatic heterocycles. The van der Waals surface area contributed by atoms with Crippen LogP contribution in [0.15, 0.2) is 41.8 Å². The number of fused-ring (bicyclic) bond motifs is 1. The molecule has 0 spiro atoms. The van der Waals surface area contributed by atoms with Crippen molar-refractivity contribution in [3.63, 3.8) is 0 Å². The van der Waals surface area contributed by atoms with Crippen molar-refractivity contribution >= 4 is 21.3 Å². The minimum atomic E-state index is -3.94. The number of nitrogens with zero attached hydrogens (tertiary/aromatic N) is 3. The van der Waals surface area contributed by atoms with E-state index in [1.807, 2.05) is 6.92 Å². The van der Waals surface area contributed by atoms with Gasteiger partial charge in [0.05, 0.1) is 6.33 Å². The van der Waals surface area contributed by atoms with E-state index in [-0.39, 0.29) is 10.8 Å². The quantitative estimate of drug-likeness (QED) is 0.733. The normalized spacial score (nSPS) is 11.7. The first kappa shape index (κ1) is 12.5. The van der Waals surface area contributed by atoms with Crippen molar-refractivity contribution in [2.75, 3.05) is 0 Å². The second kappa shape index (κ2) is 4.57. The fourth-order valence-corrected chi connectivity index (χ4v) is 2.56. The van der Waals surface area contributed by atoms with Crippen LogP contribution in [0.3, 0.4) is 0 Å². The van der Waals surface area contributed by atoms with Gasteiger partial charge in [-0.25, -0.2) is 9.97 Å². The van der Waals surface area contributed by atoms with E-state index >= 15 is 0 Å². The molecule has 0 aliphatic carbocycles. The second-order valence-electron chi connectivity index (χ2n) is 4.13. The molecule has 2 heterocycles. The lowest BCUT2D eigenvalue weighted by molar-refractivity contribution is 0.478. The van der Waals surface area contributed by atoms with E-state index in [1.54, 1.807) is 12.1 Å². The third kappa shape index (κ3) is 2.21. The lowest BCUT2D eigenvalue weighted by atomic mass is 10.2. The van der Waals surface area contributed by atoms with E-state index in [0.717, 1.165) is 5.56 Å². The van der Waals surface area contributed by atoms with Crippen molar-refractivity contribution in [2.45, 2.75) is 11.8 Å². The SMILES string of the molecule is Cc1ccc(S(=O)(=O)Oc2ncnc3nc[nH]c23)cc1. The summed E-state index contributed by atoms with van der Waals surface area (Å²) in [6.45, 7) is 1.87. The number of aryl methyl sites for hydroxylation is 1. The van der Waals surface area contributed by atoms with E-state index in [1.165, 1.54) is 24.8 Å². The zero-order valence-electron chi connectivity index (χ0n) is 10.4. The van der Waals surface area contributed by atoms with Crippen molar-refractivity contribution in [3.8, 4) is 5.88 Å². The lowest BCUT2D eigenvalue weighted by Gasteiger charge is -2.06. The number of benzene rings is 1. The van der Waals surface area contributed by atoms with Gasteiger partial charge in [-0.1, -0.05) is 17.7 Å². The zero-order chi connectivity index (χ0) is 14.2. The molecule has 7 nitrogen and oxygen atoms in total. The first-order valence-corrected chi connectivity index (χ1v) is 7.12. The minimum Gasteiger partial charge on any atom is -0.356 e. The fraction of sp³-hybridized carbons (Fsp3) is 0.0833. The number of rotatable bonds is 3. The third-order valence-corrected chi connectivity index (χ3v) is 3.91. The zero-order valence-corrected chi connectivity index (χ0v) is 11.3. The number of hydrogen-bond donors (Lipinski definition) is 1. The monoisotopic (exact) mass is 290 g/mol. The standard InChI is InChI=1S/C12H10N4O3S/c1-8-2-4-9(5-3-8)20(17,18)19-12-10-11(14-6-13-10)15-7-16-12/h2-7H,1H3,(H,13,14,15,16). The Morgan fingerprint density at radius 1 is 1.10 bits per heavy atom. The van der Waals surface area contributed by atoms with Crippen LogP contribution in [-0.2, 0) is 10.1 Å². The summed E-state index contributed by atoms with van der Waals surface area (Å²) in [5, 5.41) is 0. The Morgan fingerprint density at radius 2 is 1.85 bits per heavy atom. The van der Waals surface area contributed by atoms with E-state index < -0.39 is 10.1 Å². The van der Waals surface area contributed by atoms with Crippen LogP contribution in [0.25, 0.3) is 11.2 Å². The van der Waals surface area contributed by atoms with Gasteiger partial charge in [0, 0.05) is 0 Å². The van der Waals surface area contributed by atoms with Crippen molar-refractivity contribution in [1.82, 2.24) is 19.9 Å². The van der Waals surface area contributed by atoms with Crippen LogP contribution in [0.4, 0.5) is 0 Å². The number of aromatic nitrogens is 4. The van der Waals surface area contributed by atoms with Gasteiger partial charge in [0.2, 0.25) is 0 Å². The first-order valence-electron chi connectivity index (χ1n) is 5.71. The van der Waals surface area contributed by atoms with E-state index in [2.05, 4.69) is 19.9 Å². The van der Waals surface area contributed by atoms with Crippen LogP contribution in [0.1, 0.15) is 5.56 Å². The molecule has 0 atom stereocenters. The molecule has 1 N–H and O–H groups in total. The van der Waals surface area contributed by atoms with Gasteiger partial charge in [-0.15, -0.1) is 0 Å². The van der Waals surface area contributed by atoms with Gasteiger partial charge in [0.15, 0.2) is 5.65 Å². The van der Waals surface area contributed by atoms with Crippen molar-refractivity contribution in [3.05, 3.63) is 42.5 Å². The van der Waals surface area contributed by atoms with Gasteiger partial charge in [0.1, 0.15) is 16.7 Å². The number of nitrogens with one attached hydrogen (secondary N) is 1. The van der Waals surface area contributed by atoms with Crippen LogP contribution in [0.2, 0.25) is 0 Å². The largest absolute Gasteiger partial charge is 0.356 e. The Morgan fingerprint density at radius 3 is 2.60 bits per heavy atom. The molecular formula is C12H10N4O3S. The molecule has 3 aromatic rings. The molecule has 20 heavy (non-hydrogen) atoms. The van der Waals surface area contributed by atoms with Gasteiger partial charge in [-0.2, -0.15) is 13.4 Å². The highest BCUT2D eigenvalue weighted by Crippen LogP contribution is 2.22. The Kier molecular flexibility index (Phi) is 2.87. The van der Waals surface area contributed by atoms with E-state index in [4.69, 9.17) is 4.18 Å². The highest BCUT2D eigenvalue weighted by Gasteiger charge is 2.19. The van der Waals surface area contributed by atoms with Crippen LogP contribution >= 0.6 is 0 Å². The van der Waals surface area contributed by atoms with Gasteiger partial charge in [-0.3, -0.25) is 0 Å². The molecule has 0 fully saturated rings. The predicted octanol–water partition coefficient (Wildman–Crippen LogP) is 1.43. The molecule has 1 aromatic carbocycles. The van der Waals surface area contributed by atoms with E-state index in [0.29, 0.717) is 11.2 Å². The van der Waals surface area contributed by atoms with Crippen molar-refractivity contribution in [2.24, 2.45) is 0 Å². The molecular weight excluding hydrogens is 280 g/mol. The highest BCUT2D eigenvalue weighted by atomic mass is 32.2. The van der Waals surface area contributed by atoms with Crippen LogP contribution in [0.5, 0.6) is 5.88 Å². The summed E-state index contributed by atoms with van der Waals surface area (Å²) in [5.74, 6) is -0.0759. The highest BCUT2D eigenvalue weighted by molar-refractivity contribution is 7.87. The maximum Gasteiger partial charge on any atom is 0.340 e. The molecule has 102 valence electrons. The summed E-state index contributed by atoms with van der Waals surface area (Å²) in [6, 6.07) is 6.36. The van der Waals surface area contributed by atoms with Crippen LogP contribution < -0.4 is 4.18 Å². The molecule has 0 bridgehead atoms. The predicted molar refractivity (Wildman–Crippen MR) is 70.7 cm³/mol. The van der Waals surface area contributed by atoms with Crippen LogP contribution in [0, 0.1) is 6.92 Å². The van der Waals surface area contributed by atoms with Gasteiger partial charge < -0.3 is 9.17 Å². The summed E-state index contributed by atoms with van der Waals surface area (Å²) in [6.07, 6.45) is 2.59. The Bertz CT molecular complexity index is 856. The topological polar surface area (TPSA) is 97.8 Å². The molecule has 0 aliphatic heterocycles. The maximum absolute atomic E-state index is 12.2. The molecule has 0 saturated heterocycles. The Labute approximate surface area is 114 Å². The summed E-state index contributed by atoms with van der Waals surface area (Å²) in [5.41, 5.74) is 1.64.